The maximum atomic E-state index is 13.1. The summed E-state index contributed by atoms with van der Waals surface area (Å²) in [6.45, 7) is 14.3. The summed E-state index contributed by atoms with van der Waals surface area (Å²) in [4.78, 5) is 26.2. The largest absolute Gasteiger partial charge is 0.453 e. The molecular formula is C29H38O8Si. The molecule has 2 aliphatic rings. The molecule has 2 heterocycles. The van der Waals surface area contributed by atoms with E-state index in [2.05, 4.69) is 33.9 Å². The van der Waals surface area contributed by atoms with Crippen molar-refractivity contribution in [3.8, 4) is 0 Å². The number of hydrogen-bond donors (Lipinski definition) is 0. The Morgan fingerprint density at radius 1 is 0.921 bits per heavy atom. The third-order valence-corrected chi connectivity index (χ3v) is 11.8. The van der Waals surface area contributed by atoms with Gasteiger partial charge in [0.2, 0.25) is 0 Å². The molecule has 0 N–H and O–H groups in total. The first-order valence-electron chi connectivity index (χ1n) is 12.9. The van der Waals surface area contributed by atoms with Crippen molar-refractivity contribution in [1.82, 2.24) is 0 Å². The van der Waals surface area contributed by atoms with E-state index < -0.39 is 56.7 Å². The molecule has 2 saturated heterocycles. The van der Waals surface area contributed by atoms with E-state index in [1.165, 1.54) is 0 Å². The van der Waals surface area contributed by atoms with Gasteiger partial charge in [0.1, 0.15) is 6.10 Å². The van der Waals surface area contributed by atoms with E-state index >= 15 is 0 Å². The Kier molecular flexibility index (Phi) is 8.16. The summed E-state index contributed by atoms with van der Waals surface area (Å²) in [5, 5.41) is -0.0660. The van der Waals surface area contributed by atoms with E-state index in [-0.39, 0.29) is 11.6 Å². The van der Waals surface area contributed by atoms with Crippen LogP contribution in [-0.2, 0) is 28.1 Å². The number of fused-ring (bicyclic) bond motifs is 1. The van der Waals surface area contributed by atoms with E-state index in [1.54, 1.807) is 62.4 Å². The smallest absolute Gasteiger partial charge is 0.338 e. The third kappa shape index (κ3) is 6.35. The lowest BCUT2D eigenvalue weighted by atomic mass is 10.1. The summed E-state index contributed by atoms with van der Waals surface area (Å²) in [7, 11) is -2.22. The molecule has 0 aliphatic carbocycles. The van der Waals surface area contributed by atoms with E-state index in [4.69, 9.17) is 28.1 Å². The van der Waals surface area contributed by atoms with Gasteiger partial charge in [-0.1, -0.05) is 57.2 Å². The minimum absolute atomic E-state index is 0.0660. The van der Waals surface area contributed by atoms with Gasteiger partial charge in [0.25, 0.3) is 0 Å². The number of hydrogen-bond acceptors (Lipinski definition) is 8. The van der Waals surface area contributed by atoms with Crippen LogP contribution in [0.2, 0.25) is 18.1 Å². The van der Waals surface area contributed by atoms with Crippen LogP contribution in [0.25, 0.3) is 0 Å². The second-order valence-electron chi connectivity index (χ2n) is 11.7. The van der Waals surface area contributed by atoms with Crippen LogP contribution < -0.4 is 0 Å². The van der Waals surface area contributed by atoms with Crippen LogP contribution >= 0.6 is 0 Å². The lowest BCUT2D eigenvalue weighted by molar-refractivity contribution is -0.227. The van der Waals surface area contributed by atoms with E-state index in [0.29, 0.717) is 11.1 Å². The zero-order chi connectivity index (χ0) is 27.7. The number of rotatable bonds is 8. The Morgan fingerprint density at radius 3 is 2.03 bits per heavy atom. The maximum Gasteiger partial charge on any atom is 0.338 e. The highest BCUT2D eigenvalue weighted by molar-refractivity contribution is 6.74. The van der Waals surface area contributed by atoms with Crippen LogP contribution in [0.15, 0.2) is 60.7 Å². The molecule has 2 fully saturated rings. The van der Waals surface area contributed by atoms with Crippen LogP contribution in [0, 0.1) is 0 Å². The fourth-order valence-corrected chi connectivity index (χ4v) is 5.20. The molecule has 0 aromatic heterocycles. The summed E-state index contributed by atoms with van der Waals surface area (Å²) in [6, 6.07) is 17.4. The summed E-state index contributed by atoms with van der Waals surface area (Å²) in [5.41, 5.74) is 0.790. The average molecular weight is 543 g/mol. The Morgan fingerprint density at radius 2 is 1.47 bits per heavy atom. The molecule has 2 aromatic rings. The van der Waals surface area contributed by atoms with Crippen molar-refractivity contribution in [3.63, 3.8) is 0 Å². The molecule has 0 unspecified atom stereocenters. The highest BCUT2D eigenvalue weighted by Crippen LogP contribution is 2.42. The topological polar surface area (TPSA) is 89.5 Å². The molecule has 0 radical (unpaired) electrons. The van der Waals surface area contributed by atoms with Gasteiger partial charge in [-0.2, -0.15) is 0 Å². The lowest BCUT2D eigenvalue weighted by Gasteiger charge is -2.38. The Labute approximate surface area is 225 Å². The van der Waals surface area contributed by atoms with E-state index in [9.17, 15) is 9.59 Å². The molecule has 0 spiro atoms. The lowest BCUT2D eigenvalue weighted by Crippen LogP contribution is -2.50. The minimum atomic E-state index is -2.22. The first-order chi connectivity index (χ1) is 17.8. The molecule has 9 heteroatoms. The molecule has 2 aromatic carbocycles. The maximum absolute atomic E-state index is 13.1. The van der Waals surface area contributed by atoms with Crippen molar-refractivity contribution in [2.24, 2.45) is 0 Å². The van der Waals surface area contributed by atoms with Crippen molar-refractivity contribution in [1.29, 1.82) is 0 Å². The van der Waals surface area contributed by atoms with Crippen molar-refractivity contribution in [2.75, 3.05) is 6.61 Å². The van der Waals surface area contributed by atoms with Gasteiger partial charge in [0.05, 0.1) is 17.7 Å². The van der Waals surface area contributed by atoms with Gasteiger partial charge in [0.15, 0.2) is 38.7 Å². The van der Waals surface area contributed by atoms with Crippen LogP contribution in [0.3, 0.4) is 0 Å². The molecule has 5 atom stereocenters. The number of esters is 2. The van der Waals surface area contributed by atoms with Crippen LogP contribution in [0.4, 0.5) is 0 Å². The Hall–Kier alpha value is -2.56. The van der Waals surface area contributed by atoms with Crippen LogP contribution in [0.1, 0.15) is 55.3 Å². The quantitative estimate of drug-likeness (QED) is 0.326. The first-order valence-corrected chi connectivity index (χ1v) is 15.9. The molecule has 0 saturated carbocycles. The average Bonchev–Trinajstić information content (AvgIpc) is 3.33. The van der Waals surface area contributed by atoms with Gasteiger partial charge in [-0.05, 0) is 56.2 Å². The molecule has 0 amide bonds. The van der Waals surface area contributed by atoms with Gasteiger partial charge < -0.3 is 28.1 Å². The summed E-state index contributed by atoms with van der Waals surface area (Å²) in [5.74, 6) is -1.98. The van der Waals surface area contributed by atoms with Gasteiger partial charge in [-0.15, -0.1) is 0 Å². The standard InChI is InChI=1S/C29H38O8Si/c1-28(2,3)38(6,7)32-18-21(33-25(30)19-14-10-8-11-15-19)22-23(24-27(35-22)37-29(4,5)36-24)34-26(31)20-16-12-9-13-17-20/h8-17,21-24,27H,18H2,1-7H3/t21-,22-,23+,24-,27-/m1/s1. The summed E-state index contributed by atoms with van der Waals surface area (Å²) in [6.07, 6.45) is -4.15. The highest BCUT2D eigenvalue weighted by Gasteiger charge is 2.59. The van der Waals surface area contributed by atoms with Crippen molar-refractivity contribution in [2.45, 2.75) is 89.2 Å². The number of carbonyl (C=O) groups is 2. The SMILES string of the molecule is CC1(C)O[C@H]2O[C@H]([C@@H](CO[Si](C)(C)C(C)(C)C)OC(=O)c3ccccc3)[C@H](OC(=O)c3ccccc3)[C@H]2O1. The first kappa shape index (κ1) is 28.4. The predicted molar refractivity (Wildman–Crippen MR) is 143 cm³/mol. The van der Waals surface area contributed by atoms with E-state index in [1.807, 2.05) is 12.1 Å². The molecular weight excluding hydrogens is 504 g/mol. The zero-order valence-electron chi connectivity index (χ0n) is 23.1. The molecule has 2 aliphatic heterocycles. The Balaban J connectivity index is 1.63. The molecule has 38 heavy (non-hydrogen) atoms. The van der Waals surface area contributed by atoms with Crippen molar-refractivity contribution in [3.05, 3.63) is 71.8 Å². The Bertz CT molecular complexity index is 1110. The monoisotopic (exact) mass is 542 g/mol. The normalized spacial score (nSPS) is 25.4. The van der Waals surface area contributed by atoms with Crippen molar-refractivity contribution < 1.29 is 37.7 Å². The van der Waals surface area contributed by atoms with Gasteiger partial charge in [-0.3, -0.25) is 0 Å². The molecule has 8 nitrogen and oxygen atoms in total. The fourth-order valence-electron chi connectivity index (χ4n) is 4.19. The zero-order valence-corrected chi connectivity index (χ0v) is 24.1. The third-order valence-electron chi connectivity index (χ3n) is 7.33. The van der Waals surface area contributed by atoms with Crippen LogP contribution in [0.5, 0.6) is 0 Å². The van der Waals surface area contributed by atoms with Crippen LogP contribution in [-0.4, -0.2) is 63.4 Å². The molecule has 206 valence electrons. The highest BCUT2D eigenvalue weighted by atomic mass is 28.4. The number of ether oxygens (including phenoxy) is 5. The van der Waals surface area contributed by atoms with Gasteiger partial charge >= 0.3 is 11.9 Å². The minimum Gasteiger partial charge on any atom is -0.453 e. The van der Waals surface area contributed by atoms with Gasteiger partial charge in [-0.25, -0.2) is 9.59 Å². The fraction of sp³-hybridized carbons (Fsp3) is 0.517. The van der Waals surface area contributed by atoms with E-state index in [0.717, 1.165) is 0 Å². The predicted octanol–water partition coefficient (Wildman–Crippen LogP) is 5.34. The summed E-state index contributed by atoms with van der Waals surface area (Å²) < 4.78 is 36.7. The number of carbonyl (C=O) groups excluding carboxylic acids is 2. The second-order valence-corrected chi connectivity index (χ2v) is 16.5. The summed E-state index contributed by atoms with van der Waals surface area (Å²) >= 11 is 0. The molecule has 4 rings (SSSR count). The van der Waals surface area contributed by atoms with Gasteiger partial charge in [0, 0.05) is 0 Å². The number of benzene rings is 2. The molecule has 0 bridgehead atoms. The van der Waals surface area contributed by atoms with Crippen molar-refractivity contribution >= 4 is 20.3 Å². The second kappa shape index (κ2) is 10.9.